The summed E-state index contributed by atoms with van der Waals surface area (Å²) in [6, 6.07) is 2.81. The van der Waals surface area contributed by atoms with Crippen molar-refractivity contribution in [3.8, 4) is 0 Å². The van der Waals surface area contributed by atoms with Crippen LogP contribution in [-0.4, -0.2) is 82.0 Å². The topological polar surface area (TPSA) is 249 Å². The summed E-state index contributed by atoms with van der Waals surface area (Å²) in [6.07, 6.45) is -3.09. The van der Waals surface area contributed by atoms with E-state index in [1.807, 2.05) is 0 Å². The van der Waals surface area contributed by atoms with Crippen LogP contribution in [0.2, 0.25) is 0 Å². The summed E-state index contributed by atoms with van der Waals surface area (Å²) in [6.45, 7) is 0.113. The van der Waals surface area contributed by atoms with Gasteiger partial charge < -0.3 is 25.8 Å². The number of aromatic nitrogens is 6. The standard InChI is InChI=1S/C18H18N9O9PS/c19-15-12-16(22-6-21-15)26(17-13(28)14-9(34-17)5-33-37(31,32)35-14)18(23-12)38-4-3-20-7-1-2-8(27(29)30)11-10(7)24-36-25-11/h1-2,6,9,13-14,17,20,28H,3-5H2,(H,31,32)(H2,19,21,22)/t9-,13-,14-,17-/m1/s1. The van der Waals surface area contributed by atoms with Crippen LogP contribution in [0.4, 0.5) is 17.2 Å². The van der Waals surface area contributed by atoms with Gasteiger partial charge >= 0.3 is 13.5 Å². The molecule has 38 heavy (non-hydrogen) atoms. The van der Waals surface area contributed by atoms with Gasteiger partial charge in [0.05, 0.1) is 17.2 Å². The molecule has 0 bridgehead atoms. The first-order valence-electron chi connectivity index (χ1n) is 11.0. The van der Waals surface area contributed by atoms with Gasteiger partial charge in [0.1, 0.15) is 24.6 Å². The fraction of sp³-hybridized carbons (Fsp3) is 0.389. The Morgan fingerprint density at radius 1 is 1.29 bits per heavy atom. The Morgan fingerprint density at radius 3 is 2.92 bits per heavy atom. The number of nitrogen functional groups attached to an aromatic ring is 1. The first-order valence-corrected chi connectivity index (χ1v) is 13.5. The van der Waals surface area contributed by atoms with E-state index < -0.39 is 37.3 Å². The van der Waals surface area contributed by atoms with E-state index in [9.17, 15) is 24.7 Å². The Morgan fingerprint density at radius 2 is 2.11 bits per heavy atom. The van der Waals surface area contributed by atoms with Crippen molar-refractivity contribution in [1.82, 2.24) is 29.8 Å². The number of non-ortho nitro benzene ring substituents is 1. The number of imidazole rings is 1. The average Bonchev–Trinajstić information content (AvgIpc) is 3.58. The number of phosphoric ester groups is 1. The Labute approximate surface area is 215 Å². The number of ether oxygens (including phenoxy) is 1. The lowest BCUT2D eigenvalue weighted by Gasteiger charge is -2.27. The van der Waals surface area contributed by atoms with E-state index in [-0.39, 0.29) is 40.3 Å². The second kappa shape index (κ2) is 9.38. The number of phosphoric acid groups is 1. The molecule has 1 aromatic carbocycles. The number of nitrogens with two attached hydrogens (primary N) is 1. The largest absolute Gasteiger partial charge is 0.472 e. The third-order valence-corrected chi connectivity index (χ3v) is 7.87. The summed E-state index contributed by atoms with van der Waals surface area (Å²) in [7, 11) is -4.32. The Bertz CT molecular complexity index is 1600. The van der Waals surface area contributed by atoms with Gasteiger partial charge in [0.2, 0.25) is 5.52 Å². The summed E-state index contributed by atoms with van der Waals surface area (Å²) in [5, 5.41) is 33.0. The molecule has 6 rings (SSSR count). The first kappa shape index (κ1) is 24.9. The molecule has 18 nitrogen and oxygen atoms in total. The van der Waals surface area contributed by atoms with Gasteiger partial charge in [-0.3, -0.25) is 23.7 Å². The summed E-state index contributed by atoms with van der Waals surface area (Å²) >= 11 is 1.27. The predicted molar refractivity (Wildman–Crippen MR) is 128 cm³/mol. The van der Waals surface area contributed by atoms with Gasteiger partial charge in [-0.05, 0) is 16.4 Å². The van der Waals surface area contributed by atoms with E-state index in [1.165, 1.54) is 34.8 Å². The highest BCUT2D eigenvalue weighted by Gasteiger charge is 2.53. The number of hydrogen-bond acceptors (Lipinski definition) is 16. The molecule has 0 radical (unpaired) electrons. The monoisotopic (exact) mass is 567 g/mol. The third kappa shape index (κ3) is 4.23. The molecule has 1 unspecified atom stereocenters. The molecule has 200 valence electrons. The highest BCUT2D eigenvalue weighted by Crippen LogP contribution is 2.53. The molecule has 0 amide bonds. The van der Waals surface area contributed by atoms with Crippen LogP contribution in [0.5, 0.6) is 0 Å². The number of benzene rings is 1. The van der Waals surface area contributed by atoms with E-state index in [0.717, 1.165) is 0 Å². The molecule has 5 heterocycles. The smallest absolute Gasteiger partial charge is 0.386 e. The van der Waals surface area contributed by atoms with Crippen LogP contribution in [0, 0.1) is 10.1 Å². The van der Waals surface area contributed by atoms with Crippen LogP contribution in [-0.2, 0) is 18.3 Å². The van der Waals surface area contributed by atoms with Gasteiger partial charge in [-0.15, -0.1) is 0 Å². The number of rotatable bonds is 7. The van der Waals surface area contributed by atoms with Crippen molar-refractivity contribution in [1.29, 1.82) is 0 Å². The van der Waals surface area contributed by atoms with Gasteiger partial charge in [0.25, 0.3) is 0 Å². The maximum absolute atomic E-state index is 11.9. The van der Waals surface area contributed by atoms with Gasteiger partial charge in [0, 0.05) is 18.4 Å². The molecular weight excluding hydrogens is 549 g/mol. The third-order valence-electron chi connectivity index (χ3n) is 5.93. The second-order valence-corrected chi connectivity index (χ2v) is 10.7. The molecule has 20 heteroatoms. The SMILES string of the molecule is Nc1ncnc2c1nc(SCCNc1ccc([N+](=O)[O-])c3nonc13)n2[C@@H]1O[C@@H]2COP(=O)(O)O[C@H]2[C@H]1O. The number of hydrogen-bond donors (Lipinski definition) is 4. The molecule has 3 aromatic heterocycles. The molecule has 0 saturated carbocycles. The fourth-order valence-electron chi connectivity index (χ4n) is 4.26. The maximum atomic E-state index is 11.9. The molecule has 0 spiro atoms. The van der Waals surface area contributed by atoms with Crippen molar-refractivity contribution >= 4 is 59.0 Å². The highest BCUT2D eigenvalue weighted by molar-refractivity contribution is 7.99. The van der Waals surface area contributed by atoms with E-state index >= 15 is 0 Å². The molecule has 4 aromatic rings. The number of nitrogens with zero attached hydrogens (tertiary/aromatic N) is 7. The van der Waals surface area contributed by atoms with Gasteiger partial charge in [0.15, 0.2) is 33.9 Å². The van der Waals surface area contributed by atoms with Crippen molar-refractivity contribution in [2.75, 3.05) is 30.0 Å². The van der Waals surface area contributed by atoms with Crippen LogP contribution in [0.3, 0.4) is 0 Å². The zero-order valence-corrected chi connectivity index (χ0v) is 20.7. The summed E-state index contributed by atoms with van der Waals surface area (Å²) in [5.41, 5.74) is 7.06. The van der Waals surface area contributed by atoms with Crippen molar-refractivity contribution in [2.45, 2.75) is 29.7 Å². The number of anilines is 2. The number of aliphatic hydroxyl groups excluding tert-OH is 1. The van der Waals surface area contributed by atoms with E-state index in [1.54, 1.807) is 0 Å². The van der Waals surface area contributed by atoms with E-state index in [4.69, 9.17) is 19.5 Å². The van der Waals surface area contributed by atoms with Crippen molar-refractivity contribution < 1.29 is 37.9 Å². The first-order chi connectivity index (χ1) is 18.2. The normalized spacial score (nSPS) is 27.1. The van der Waals surface area contributed by atoms with Crippen molar-refractivity contribution in [3.63, 3.8) is 0 Å². The average molecular weight is 567 g/mol. The number of aliphatic hydroxyl groups is 1. The molecule has 0 aliphatic carbocycles. The zero-order valence-electron chi connectivity index (χ0n) is 19.0. The van der Waals surface area contributed by atoms with Gasteiger partial charge in [-0.1, -0.05) is 11.8 Å². The number of thioether (sulfide) groups is 1. The molecule has 5 atom stereocenters. The fourth-order valence-corrected chi connectivity index (χ4v) is 6.09. The number of nitro groups is 1. The maximum Gasteiger partial charge on any atom is 0.472 e. The zero-order chi connectivity index (χ0) is 26.6. The quantitative estimate of drug-likeness (QED) is 0.0793. The van der Waals surface area contributed by atoms with Crippen molar-refractivity contribution in [2.24, 2.45) is 0 Å². The summed E-state index contributed by atoms with van der Waals surface area (Å²) < 4.78 is 33.9. The lowest BCUT2D eigenvalue weighted by atomic mass is 10.1. The van der Waals surface area contributed by atoms with Crippen LogP contribution >= 0.6 is 19.6 Å². The van der Waals surface area contributed by atoms with Crippen LogP contribution in [0.25, 0.3) is 22.2 Å². The molecule has 2 saturated heterocycles. The molecular formula is C18H18N9O9PS. The molecule has 5 N–H and O–H groups in total. The van der Waals surface area contributed by atoms with Gasteiger partial charge in [-0.2, -0.15) is 0 Å². The predicted octanol–water partition coefficient (Wildman–Crippen LogP) is 0.831. The lowest BCUT2D eigenvalue weighted by molar-refractivity contribution is -0.383. The molecule has 2 fully saturated rings. The minimum atomic E-state index is -4.32. The number of nitrogens with one attached hydrogen (secondary N) is 1. The molecule has 2 aliphatic heterocycles. The van der Waals surface area contributed by atoms with Crippen molar-refractivity contribution in [3.05, 3.63) is 28.6 Å². The number of fused-ring (bicyclic) bond motifs is 3. The van der Waals surface area contributed by atoms with Gasteiger partial charge in [-0.25, -0.2) is 24.1 Å². The summed E-state index contributed by atoms with van der Waals surface area (Å²) in [5.74, 6) is 0.534. The minimum Gasteiger partial charge on any atom is -0.386 e. The summed E-state index contributed by atoms with van der Waals surface area (Å²) in [4.78, 5) is 33.0. The van der Waals surface area contributed by atoms with E-state index in [2.05, 4.69) is 35.2 Å². The second-order valence-electron chi connectivity index (χ2n) is 8.21. The molecule has 2 aliphatic rings. The Kier molecular flexibility index (Phi) is 6.14. The Hall–Kier alpha value is -3.45. The number of nitro benzene ring substituents is 1. The van der Waals surface area contributed by atoms with E-state index in [0.29, 0.717) is 23.1 Å². The Balaban J connectivity index is 1.23. The van der Waals surface area contributed by atoms with Crippen LogP contribution < -0.4 is 11.1 Å². The lowest BCUT2D eigenvalue weighted by Crippen LogP contribution is -2.39. The van der Waals surface area contributed by atoms with Crippen LogP contribution in [0.15, 0.2) is 28.2 Å². The van der Waals surface area contributed by atoms with Crippen LogP contribution in [0.1, 0.15) is 6.23 Å². The highest BCUT2D eigenvalue weighted by atomic mass is 32.2. The minimum absolute atomic E-state index is 0.0240.